The summed E-state index contributed by atoms with van der Waals surface area (Å²) < 4.78 is 94.8. The van der Waals surface area contributed by atoms with E-state index in [0.29, 0.717) is 49.0 Å². The highest BCUT2D eigenvalue weighted by Gasteiger charge is 2.39. The van der Waals surface area contributed by atoms with Crippen LogP contribution in [0.15, 0.2) is 30.3 Å². The third-order valence-electron chi connectivity index (χ3n) is 7.04. The molecule has 2 aliphatic rings. The maximum atomic E-state index is 13.1. The molecule has 2 aromatic rings. The summed E-state index contributed by atoms with van der Waals surface area (Å²) in [5.41, 5.74) is -2.53. The Kier molecular flexibility index (Phi) is 8.59. The Morgan fingerprint density at radius 3 is 1.80 bits per heavy atom. The lowest BCUT2D eigenvalue weighted by atomic mass is 10.1. The topological polar surface area (TPSA) is 66.5 Å². The predicted molar refractivity (Wildman–Crippen MR) is 134 cm³/mol. The number of alkyl halides is 6. The van der Waals surface area contributed by atoms with Crippen LogP contribution in [0.5, 0.6) is 17.2 Å². The van der Waals surface area contributed by atoms with Gasteiger partial charge in [0.05, 0.1) is 32.5 Å². The number of methoxy groups -OCH3 is 3. The number of carbonyl (C=O) groups excluding carboxylic acids is 1. The summed E-state index contributed by atoms with van der Waals surface area (Å²) in [5, 5.41) is 2.18. The van der Waals surface area contributed by atoms with Crippen molar-refractivity contribution in [1.29, 1.82) is 0 Å². The Bertz CT molecular complexity index is 1150. The number of urea groups is 1. The third kappa shape index (κ3) is 6.66. The standard InChI is InChI=1S/C26H30F6N4O4/c1-38-21-8-16(9-22(39-2)23(21)40-3)13-34-4-6-35(7-5-34)20-14-36(15-20)24(37)33-19-11-17(25(27,28)29)10-18(12-19)26(30,31)32/h8-12,20H,4-7,13-15H2,1-3H3,(H,33,37). The maximum Gasteiger partial charge on any atom is 0.416 e. The van der Waals surface area contributed by atoms with Crippen molar-refractivity contribution in [2.45, 2.75) is 24.9 Å². The average Bonchev–Trinajstić information content (AvgIpc) is 2.87. The van der Waals surface area contributed by atoms with Crippen molar-refractivity contribution in [3.8, 4) is 17.2 Å². The zero-order valence-electron chi connectivity index (χ0n) is 22.2. The third-order valence-corrected chi connectivity index (χ3v) is 7.04. The number of ether oxygens (including phenoxy) is 3. The molecule has 0 spiro atoms. The highest BCUT2D eigenvalue weighted by atomic mass is 19.4. The van der Waals surface area contributed by atoms with Crippen LogP contribution in [0.4, 0.5) is 36.8 Å². The molecule has 0 bridgehead atoms. The van der Waals surface area contributed by atoms with Crippen LogP contribution in [0.25, 0.3) is 0 Å². The number of nitrogens with zero attached hydrogens (tertiary/aromatic N) is 3. The molecule has 220 valence electrons. The number of likely N-dealkylation sites (tertiary alicyclic amines) is 1. The van der Waals surface area contributed by atoms with E-state index in [-0.39, 0.29) is 12.1 Å². The van der Waals surface area contributed by atoms with Crippen LogP contribution in [0.3, 0.4) is 0 Å². The Morgan fingerprint density at radius 1 is 0.825 bits per heavy atom. The molecule has 2 fully saturated rings. The van der Waals surface area contributed by atoms with Crippen LogP contribution >= 0.6 is 0 Å². The largest absolute Gasteiger partial charge is 0.493 e. The van der Waals surface area contributed by atoms with Crippen LogP contribution in [0, 0.1) is 0 Å². The lowest BCUT2D eigenvalue weighted by molar-refractivity contribution is -0.143. The van der Waals surface area contributed by atoms with Crippen LogP contribution in [-0.2, 0) is 18.9 Å². The first-order chi connectivity index (χ1) is 18.8. The van der Waals surface area contributed by atoms with Gasteiger partial charge in [-0.05, 0) is 35.9 Å². The number of piperazine rings is 1. The first-order valence-corrected chi connectivity index (χ1v) is 12.4. The first-order valence-electron chi connectivity index (χ1n) is 12.4. The number of rotatable bonds is 7. The van der Waals surface area contributed by atoms with Gasteiger partial charge in [-0.25, -0.2) is 4.79 Å². The molecule has 2 saturated heterocycles. The van der Waals surface area contributed by atoms with Crippen molar-refractivity contribution in [2.24, 2.45) is 0 Å². The Morgan fingerprint density at radius 2 is 1.35 bits per heavy atom. The van der Waals surface area contributed by atoms with Gasteiger partial charge in [0, 0.05) is 57.5 Å². The summed E-state index contributed by atoms with van der Waals surface area (Å²) in [7, 11) is 4.66. The number of benzene rings is 2. The maximum absolute atomic E-state index is 13.1. The summed E-state index contributed by atoms with van der Waals surface area (Å²) in [6, 6.07) is 4.13. The van der Waals surface area contributed by atoms with Gasteiger partial charge in [0.1, 0.15) is 0 Å². The van der Waals surface area contributed by atoms with Gasteiger partial charge < -0.3 is 24.4 Å². The van der Waals surface area contributed by atoms with Gasteiger partial charge in [-0.2, -0.15) is 26.3 Å². The van der Waals surface area contributed by atoms with E-state index in [9.17, 15) is 31.1 Å². The monoisotopic (exact) mass is 576 g/mol. The van der Waals surface area contributed by atoms with Gasteiger partial charge in [0.25, 0.3) is 0 Å². The van der Waals surface area contributed by atoms with E-state index in [1.54, 1.807) is 21.3 Å². The predicted octanol–water partition coefficient (Wildman–Crippen LogP) is 4.78. The van der Waals surface area contributed by atoms with E-state index < -0.39 is 35.2 Å². The van der Waals surface area contributed by atoms with Gasteiger partial charge in [-0.3, -0.25) is 9.80 Å². The van der Waals surface area contributed by atoms with Gasteiger partial charge >= 0.3 is 18.4 Å². The summed E-state index contributed by atoms with van der Waals surface area (Å²) in [4.78, 5) is 18.4. The van der Waals surface area contributed by atoms with Gasteiger partial charge in [-0.15, -0.1) is 0 Å². The quantitative estimate of drug-likeness (QED) is 0.479. The second-order valence-corrected chi connectivity index (χ2v) is 9.63. The van der Waals surface area contributed by atoms with Crippen molar-refractivity contribution in [3.63, 3.8) is 0 Å². The molecular formula is C26H30F6N4O4. The summed E-state index contributed by atoms with van der Waals surface area (Å²) >= 11 is 0. The molecule has 14 heteroatoms. The normalized spacial score (nSPS) is 17.4. The number of halogens is 6. The highest BCUT2D eigenvalue weighted by molar-refractivity contribution is 5.90. The first kappa shape index (κ1) is 29.6. The smallest absolute Gasteiger partial charge is 0.416 e. The van der Waals surface area contributed by atoms with Gasteiger partial charge in [0.15, 0.2) is 11.5 Å². The van der Waals surface area contributed by atoms with Crippen molar-refractivity contribution in [3.05, 3.63) is 47.0 Å². The molecule has 0 saturated carbocycles. The van der Waals surface area contributed by atoms with Crippen molar-refractivity contribution in [2.75, 3.05) is 65.9 Å². The minimum Gasteiger partial charge on any atom is -0.493 e. The fourth-order valence-electron chi connectivity index (χ4n) is 4.85. The number of anilines is 1. The van der Waals surface area contributed by atoms with Crippen LogP contribution in [-0.4, -0.2) is 87.4 Å². The fourth-order valence-corrected chi connectivity index (χ4v) is 4.85. The second kappa shape index (κ2) is 11.6. The molecule has 40 heavy (non-hydrogen) atoms. The zero-order valence-corrected chi connectivity index (χ0v) is 22.2. The Balaban J connectivity index is 1.29. The lowest BCUT2D eigenvalue weighted by Gasteiger charge is -2.48. The van der Waals surface area contributed by atoms with E-state index in [2.05, 4.69) is 15.1 Å². The minimum absolute atomic E-state index is 0.0244. The molecule has 0 aliphatic carbocycles. The molecule has 0 radical (unpaired) electrons. The number of hydrogen-bond acceptors (Lipinski definition) is 6. The van der Waals surface area contributed by atoms with Crippen LogP contribution in [0.1, 0.15) is 16.7 Å². The molecule has 2 heterocycles. The zero-order chi connectivity index (χ0) is 29.2. The molecule has 2 aromatic carbocycles. The SMILES string of the molecule is COc1cc(CN2CCN(C3CN(C(=O)Nc4cc(C(F)(F)F)cc(C(F)(F)F)c4)C3)CC2)cc(OC)c1OC. The second-order valence-electron chi connectivity index (χ2n) is 9.63. The molecule has 8 nitrogen and oxygen atoms in total. The van der Waals surface area contributed by atoms with Crippen LogP contribution < -0.4 is 19.5 Å². The van der Waals surface area contributed by atoms with Crippen molar-refractivity contribution >= 4 is 11.7 Å². The molecular weight excluding hydrogens is 546 g/mol. The number of amides is 2. The van der Waals surface area contributed by atoms with E-state index >= 15 is 0 Å². The van der Waals surface area contributed by atoms with E-state index in [0.717, 1.165) is 31.7 Å². The Hall–Kier alpha value is -3.39. The highest BCUT2D eigenvalue weighted by Crippen LogP contribution is 2.39. The van der Waals surface area contributed by atoms with E-state index in [1.165, 1.54) is 4.90 Å². The summed E-state index contributed by atoms with van der Waals surface area (Å²) in [6.45, 7) is 4.34. The van der Waals surface area contributed by atoms with E-state index in [4.69, 9.17) is 14.2 Å². The summed E-state index contributed by atoms with van der Waals surface area (Å²) in [6.07, 6.45) is -9.98. The lowest BCUT2D eigenvalue weighted by Crippen LogP contribution is -2.64. The summed E-state index contributed by atoms with van der Waals surface area (Å²) in [5.74, 6) is 1.66. The molecule has 2 aliphatic heterocycles. The molecule has 2 amide bonds. The molecule has 4 rings (SSSR count). The average molecular weight is 577 g/mol. The molecule has 0 aromatic heterocycles. The van der Waals surface area contributed by atoms with Crippen LogP contribution in [0.2, 0.25) is 0 Å². The Labute approximate surface area is 227 Å². The molecule has 1 N–H and O–H groups in total. The van der Waals surface area contributed by atoms with Gasteiger partial charge in [0.2, 0.25) is 5.75 Å². The fraction of sp³-hybridized carbons (Fsp3) is 0.500. The van der Waals surface area contributed by atoms with Crippen molar-refractivity contribution < 1.29 is 45.3 Å². The number of nitrogens with one attached hydrogen (secondary N) is 1. The van der Waals surface area contributed by atoms with Crippen molar-refractivity contribution in [1.82, 2.24) is 14.7 Å². The number of hydrogen-bond donors (Lipinski definition) is 1. The molecule has 0 unspecified atom stereocenters. The number of carbonyl (C=O) groups is 1. The van der Waals surface area contributed by atoms with E-state index in [1.807, 2.05) is 12.1 Å². The molecule has 0 atom stereocenters. The minimum atomic E-state index is -4.99. The van der Waals surface area contributed by atoms with Gasteiger partial charge in [-0.1, -0.05) is 0 Å².